The molecule has 2 aromatic carbocycles. The summed E-state index contributed by atoms with van der Waals surface area (Å²) >= 11 is 1.76. The maximum Gasteiger partial charge on any atom is 0.469 e. The fraction of sp³-hybridized carbons (Fsp3) is 0.250. The van der Waals surface area contributed by atoms with E-state index in [1.54, 1.807) is 11.8 Å². The second kappa shape index (κ2) is 7.07. The molecule has 3 rings (SSSR count). The Labute approximate surface area is 139 Å². The quantitative estimate of drug-likeness (QED) is 0.601. The number of benzene rings is 2. The molecule has 0 aromatic heterocycles. The molecule has 0 atom stereocenters. The number of rotatable bonds is 6. The predicted octanol–water partition coefficient (Wildman–Crippen LogP) is 4.18. The van der Waals surface area contributed by atoms with Crippen LogP contribution < -0.4 is 4.90 Å². The Morgan fingerprint density at radius 3 is 2.09 bits per heavy atom. The largest absolute Gasteiger partial charge is 0.469 e. The highest BCUT2D eigenvalue weighted by molar-refractivity contribution is 7.99. The lowest BCUT2D eigenvalue weighted by Crippen LogP contribution is -2.22. The number of fused-ring (bicyclic) bond motifs is 2. The second-order valence-corrected chi connectivity index (χ2v) is 7.54. The molecule has 0 radical (unpaired) electrons. The van der Waals surface area contributed by atoms with Crippen molar-refractivity contribution < 1.29 is 18.9 Å². The minimum atomic E-state index is -4.36. The van der Waals surface area contributed by atoms with Crippen LogP contribution in [-0.4, -0.2) is 22.9 Å². The van der Waals surface area contributed by atoms with Crippen molar-refractivity contribution in [2.45, 2.75) is 22.6 Å². The molecule has 5 nitrogen and oxygen atoms in total. The van der Waals surface area contributed by atoms with Crippen LogP contribution in [0.15, 0.2) is 58.3 Å². The number of hydrogen-bond donors (Lipinski definition) is 2. The van der Waals surface area contributed by atoms with E-state index < -0.39 is 7.82 Å². The van der Waals surface area contributed by atoms with Gasteiger partial charge in [-0.1, -0.05) is 36.0 Å². The zero-order valence-corrected chi connectivity index (χ0v) is 14.2. The SMILES string of the molecule is O=P(O)(O)OCCCCN1c2ccccc2Sc2ccccc21. The average molecular weight is 351 g/mol. The Morgan fingerprint density at radius 1 is 0.957 bits per heavy atom. The molecule has 2 aromatic rings. The molecule has 122 valence electrons. The molecule has 7 heteroatoms. The Balaban J connectivity index is 1.70. The van der Waals surface area contributed by atoms with Gasteiger partial charge in [-0.25, -0.2) is 4.57 Å². The van der Waals surface area contributed by atoms with Crippen LogP contribution in [0.2, 0.25) is 0 Å². The van der Waals surface area contributed by atoms with Crippen molar-refractivity contribution in [3.05, 3.63) is 48.5 Å². The topological polar surface area (TPSA) is 70.0 Å². The fourth-order valence-electron chi connectivity index (χ4n) is 2.58. The van der Waals surface area contributed by atoms with Gasteiger partial charge in [0, 0.05) is 16.3 Å². The summed E-state index contributed by atoms with van der Waals surface area (Å²) < 4.78 is 15.2. The first-order valence-electron chi connectivity index (χ1n) is 7.38. The van der Waals surface area contributed by atoms with Gasteiger partial charge >= 0.3 is 7.82 Å². The van der Waals surface area contributed by atoms with E-state index in [4.69, 9.17) is 9.79 Å². The van der Waals surface area contributed by atoms with E-state index in [1.165, 1.54) is 21.2 Å². The lowest BCUT2D eigenvalue weighted by Gasteiger charge is -2.32. The summed E-state index contributed by atoms with van der Waals surface area (Å²) in [5, 5.41) is 0. The predicted molar refractivity (Wildman–Crippen MR) is 91.2 cm³/mol. The zero-order valence-electron chi connectivity index (χ0n) is 12.5. The first kappa shape index (κ1) is 16.6. The molecule has 0 fully saturated rings. The summed E-state index contributed by atoms with van der Waals surface area (Å²) in [6, 6.07) is 16.5. The van der Waals surface area contributed by atoms with Crippen molar-refractivity contribution in [3.63, 3.8) is 0 Å². The van der Waals surface area contributed by atoms with Crippen LogP contribution in [0.25, 0.3) is 0 Å². The van der Waals surface area contributed by atoms with Crippen molar-refractivity contribution in [3.8, 4) is 0 Å². The Hall–Kier alpha value is -1.30. The van der Waals surface area contributed by atoms with E-state index in [-0.39, 0.29) is 6.61 Å². The molecule has 0 amide bonds. The van der Waals surface area contributed by atoms with Crippen LogP contribution in [0.5, 0.6) is 0 Å². The molecule has 0 aliphatic carbocycles. The normalized spacial score (nSPS) is 13.6. The highest BCUT2D eigenvalue weighted by Gasteiger charge is 2.22. The zero-order chi connectivity index (χ0) is 16.3. The molecule has 0 saturated heterocycles. The number of nitrogens with zero attached hydrogens (tertiary/aromatic N) is 1. The van der Waals surface area contributed by atoms with Crippen LogP contribution in [0.3, 0.4) is 0 Å². The van der Waals surface area contributed by atoms with E-state index in [1.807, 2.05) is 24.3 Å². The van der Waals surface area contributed by atoms with Gasteiger partial charge in [0.1, 0.15) is 0 Å². The third kappa shape index (κ3) is 4.16. The van der Waals surface area contributed by atoms with Gasteiger partial charge in [-0.2, -0.15) is 0 Å². The van der Waals surface area contributed by atoms with E-state index in [9.17, 15) is 4.57 Å². The third-order valence-corrected chi connectivity index (χ3v) is 5.22. The smallest absolute Gasteiger partial charge is 0.340 e. The number of phosphoric ester groups is 1. The van der Waals surface area contributed by atoms with E-state index in [0.29, 0.717) is 6.42 Å². The van der Waals surface area contributed by atoms with Crippen LogP contribution >= 0.6 is 19.6 Å². The fourth-order valence-corrected chi connectivity index (χ4v) is 4.04. The average Bonchev–Trinajstić information content (AvgIpc) is 2.52. The van der Waals surface area contributed by atoms with E-state index in [2.05, 4.69) is 33.7 Å². The van der Waals surface area contributed by atoms with Crippen molar-refractivity contribution in [2.75, 3.05) is 18.1 Å². The Kier molecular flexibility index (Phi) is 5.09. The van der Waals surface area contributed by atoms with E-state index in [0.717, 1.165) is 13.0 Å². The molecule has 0 spiro atoms. The highest BCUT2D eigenvalue weighted by atomic mass is 32.2. The Morgan fingerprint density at radius 2 is 1.52 bits per heavy atom. The molecular formula is C16H18NO4PS. The van der Waals surface area contributed by atoms with Crippen molar-refractivity contribution in [1.29, 1.82) is 0 Å². The van der Waals surface area contributed by atoms with Gasteiger partial charge in [-0.05, 0) is 37.1 Å². The summed E-state index contributed by atoms with van der Waals surface area (Å²) in [4.78, 5) is 22.1. The summed E-state index contributed by atoms with van der Waals surface area (Å²) in [7, 11) is -4.36. The van der Waals surface area contributed by atoms with Crippen LogP contribution in [-0.2, 0) is 9.09 Å². The number of phosphoric acid groups is 1. The summed E-state index contributed by atoms with van der Waals surface area (Å²) in [5.74, 6) is 0. The minimum absolute atomic E-state index is 0.0656. The first-order chi connectivity index (χ1) is 11.0. The van der Waals surface area contributed by atoms with E-state index >= 15 is 0 Å². The lowest BCUT2D eigenvalue weighted by atomic mass is 10.2. The maximum atomic E-state index is 10.7. The Bertz CT molecular complexity index is 688. The molecule has 0 bridgehead atoms. The van der Waals surface area contributed by atoms with Gasteiger partial charge in [0.25, 0.3) is 0 Å². The standard InChI is InChI=1S/C16H18NO4PS/c18-22(19,20)21-12-6-5-11-17-13-7-1-3-9-15(13)23-16-10-4-2-8-14(16)17/h1-4,7-10H,5-6,11-12H2,(H2,18,19,20). The molecular weight excluding hydrogens is 333 g/mol. The van der Waals surface area contributed by atoms with Gasteiger partial charge in [-0.15, -0.1) is 0 Å². The maximum absolute atomic E-state index is 10.7. The van der Waals surface area contributed by atoms with Gasteiger partial charge in [0.15, 0.2) is 0 Å². The second-order valence-electron chi connectivity index (χ2n) is 5.22. The van der Waals surface area contributed by atoms with Crippen LogP contribution in [0, 0.1) is 0 Å². The number of unbranched alkanes of at least 4 members (excludes halogenated alkanes) is 1. The first-order valence-corrected chi connectivity index (χ1v) is 9.73. The molecule has 0 unspecified atom stereocenters. The molecule has 1 heterocycles. The molecule has 1 aliphatic rings. The van der Waals surface area contributed by atoms with Gasteiger partial charge in [0.2, 0.25) is 0 Å². The summed E-state index contributed by atoms with van der Waals surface area (Å²) in [6.45, 7) is 0.843. The van der Waals surface area contributed by atoms with Crippen LogP contribution in [0.4, 0.5) is 11.4 Å². The van der Waals surface area contributed by atoms with Gasteiger partial charge in [-0.3, -0.25) is 4.52 Å². The molecule has 23 heavy (non-hydrogen) atoms. The molecule has 2 N–H and O–H groups in total. The summed E-state index contributed by atoms with van der Waals surface area (Å²) in [6.07, 6.45) is 1.38. The molecule has 0 saturated carbocycles. The van der Waals surface area contributed by atoms with Crippen LogP contribution in [0.1, 0.15) is 12.8 Å². The monoisotopic (exact) mass is 351 g/mol. The number of hydrogen-bond acceptors (Lipinski definition) is 4. The summed E-state index contributed by atoms with van der Waals surface area (Å²) in [5.41, 5.74) is 2.35. The number of para-hydroxylation sites is 2. The molecule has 1 aliphatic heterocycles. The number of anilines is 2. The third-order valence-electron chi connectivity index (χ3n) is 3.57. The lowest BCUT2D eigenvalue weighted by molar-refractivity contribution is 0.194. The van der Waals surface area contributed by atoms with Crippen molar-refractivity contribution in [1.82, 2.24) is 0 Å². The van der Waals surface area contributed by atoms with Crippen molar-refractivity contribution in [2.24, 2.45) is 0 Å². The highest BCUT2D eigenvalue weighted by Crippen LogP contribution is 2.47. The van der Waals surface area contributed by atoms with Crippen molar-refractivity contribution >= 4 is 31.0 Å². The minimum Gasteiger partial charge on any atom is -0.340 e. The van der Waals surface area contributed by atoms with Gasteiger partial charge in [0.05, 0.1) is 18.0 Å². The van der Waals surface area contributed by atoms with Gasteiger partial charge < -0.3 is 14.7 Å².